The highest BCUT2D eigenvalue weighted by atomic mass is 16.6. The van der Waals surface area contributed by atoms with Crippen molar-refractivity contribution in [2.24, 2.45) is 0 Å². The molecule has 5 nitrogen and oxygen atoms in total. The van der Waals surface area contributed by atoms with Gasteiger partial charge in [0.05, 0.1) is 16.3 Å². The van der Waals surface area contributed by atoms with Crippen LogP contribution in [-0.4, -0.2) is 4.92 Å². The van der Waals surface area contributed by atoms with Gasteiger partial charge in [-0.05, 0) is 45.9 Å². The summed E-state index contributed by atoms with van der Waals surface area (Å²) in [4.78, 5) is 11.1. The molecule has 0 aliphatic heterocycles. The Bertz CT molecular complexity index is 815. The molecule has 0 unspecified atom stereocenters. The number of benzene rings is 2. The highest BCUT2D eigenvalue weighted by molar-refractivity contribution is 5.69. The third-order valence-corrected chi connectivity index (χ3v) is 5.32. The monoisotopic (exact) mass is 397 g/mol. The summed E-state index contributed by atoms with van der Waals surface area (Å²) >= 11 is 0. The molecule has 0 bridgehead atoms. The van der Waals surface area contributed by atoms with Gasteiger partial charge in [0.15, 0.2) is 0 Å². The topological polar surface area (TPSA) is 67.2 Å². The summed E-state index contributed by atoms with van der Waals surface area (Å²) in [5.74, 6) is 1.07. The molecule has 0 aromatic heterocycles. The number of anilines is 2. The standard InChI is InChI=1S/C24H35N3O2/c1-14(2)19-10-9-11-20(15(3)4)23(19)25-26-24-21(16(5)6)12-18(27(28)29)13-22(24)17(7)8/h9-17,25-26H,1-8H3. The maximum absolute atomic E-state index is 11.4. The van der Waals surface area contributed by atoms with E-state index in [9.17, 15) is 10.1 Å². The van der Waals surface area contributed by atoms with Gasteiger partial charge in [0.25, 0.3) is 5.69 Å². The molecule has 0 saturated heterocycles. The average molecular weight is 398 g/mol. The van der Waals surface area contributed by atoms with Crippen LogP contribution in [0.4, 0.5) is 17.1 Å². The van der Waals surface area contributed by atoms with E-state index in [4.69, 9.17) is 0 Å². The van der Waals surface area contributed by atoms with Crippen molar-refractivity contribution in [3.63, 3.8) is 0 Å². The zero-order valence-electron chi connectivity index (χ0n) is 19.0. The maximum atomic E-state index is 11.4. The van der Waals surface area contributed by atoms with Crippen molar-refractivity contribution in [2.45, 2.75) is 79.1 Å². The van der Waals surface area contributed by atoms with E-state index in [0.29, 0.717) is 11.8 Å². The molecule has 0 spiro atoms. The molecule has 29 heavy (non-hydrogen) atoms. The summed E-state index contributed by atoms with van der Waals surface area (Å²) in [6, 6.07) is 9.81. The third-order valence-electron chi connectivity index (χ3n) is 5.32. The number of nitro groups is 1. The van der Waals surface area contributed by atoms with Gasteiger partial charge < -0.3 is 10.9 Å². The molecule has 158 valence electrons. The van der Waals surface area contributed by atoms with Gasteiger partial charge in [-0.2, -0.15) is 0 Å². The third kappa shape index (κ3) is 5.08. The SMILES string of the molecule is CC(C)c1cccc(C(C)C)c1NNc1c(C(C)C)cc([N+](=O)[O-])cc1C(C)C. The first kappa shape index (κ1) is 22.7. The first-order valence-corrected chi connectivity index (χ1v) is 10.5. The van der Waals surface area contributed by atoms with Crippen molar-refractivity contribution >= 4 is 17.1 Å². The number of hydrogen-bond donors (Lipinski definition) is 2. The second kappa shape index (κ2) is 9.29. The van der Waals surface area contributed by atoms with Crippen LogP contribution in [0.3, 0.4) is 0 Å². The minimum absolute atomic E-state index is 0.147. The number of nitrogens with zero attached hydrogens (tertiary/aromatic N) is 1. The van der Waals surface area contributed by atoms with Gasteiger partial charge in [-0.1, -0.05) is 73.6 Å². The lowest BCUT2D eigenvalue weighted by Crippen LogP contribution is -2.17. The van der Waals surface area contributed by atoms with E-state index in [0.717, 1.165) is 22.5 Å². The van der Waals surface area contributed by atoms with E-state index in [2.05, 4.69) is 84.4 Å². The first-order valence-electron chi connectivity index (χ1n) is 10.5. The quantitative estimate of drug-likeness (QED) is 0.357. The van der Waals surface area contributed by atoms with E-state index in [-0.39, 0.29) is 22.4 Å². The second-order valence-electron chi connectivity index (χ2n) is 8.94. The maximum Gasteiger partial charge on any atom is 0.270 e. The van der Waals surface area contributed by atoms with Gasteiger partial charge in [-0.15, -0.1) is 0 Å². The van der Waals surface area contributed by atoms with Crippen molar-refractivity contribution in [1.29, 1.82) is 0 Å². The van der Waals surface area contributed by atoms with Crippen molar-refractivity contribution < 1.29 is 4.92 Å². The number of hydrazine groups is 1. The predicted molar refractivity (Wildman–Crippen MR) is 123 cm³/mol. The van der Waals surface area contributed by atoms with Crippen molar-refractivity contribution in [1.82, 2.24) is 0 Å². The summed E-state index contributed by atoms with van der Waals surface area (Å²) < 4.78 is 0. The molecule has 2 rings (SSSR count). The van der Waals surface area contributed by atoms with Crippen LogP contribution < -0.4 is 10.9 Å². The van der Waals surface area contributed by atoms with Crippen LogP contribution in [0.5, 0.6) is 0 Å². The van der Waals surface area contributed by atoms with E-state index in [1.807, 2.05) is 0 Å². The number of non-ortho nitro benzene ring substituents is 1. The fourth-order valence-electron chi connectivity index (χ4n) is 3.65. The Balaban J connectivity index is 2.57. The average Bonchev–Trinajstić information content (AvgIpc) is 2.64. The highest BCUT2D eigenvalue weighted by Crippen LogP contribution is 2.38. The molecular weight excluding hydrogens is 362 g/mol. The fraction of sp³-hybridized carbons (Fsp3) is 0.500. The molecule has 2 aromatic rings. The van der Waals surface area contributed by atoms with Crippen LogP contribution in [0.15, 0.2) is 30.3 Å². The summed E-state index contributed by atoms with van der Waals surface area (Å²) in [6.07, 6.45) is 0. The number of para-hydroxylation sites is 1. The van der Waals surface area contributed by atoms with E-state index in [1.165, 1.54) is 11.1 Å². The first-order chi connectivity index (χ1) is 13.5. The van der Waals surface area contributed by atoms with Gasteiger partial charge >= 0.3 is 0 Å². The number of nitrogens with one attached hydrogen (secondary N) is 2. The Morgan fingerprint density at radius 1 is 0.690 bits per heavy atom. The molecule has 5 heteroatoms. The Morgan fingerprint density at radius 2 is 1.03 bits per heavy atom. The normalized spacial score (nSPS) is 11.6. The number of hydrogen-bond acceptors (Lipinski definition) is 4. The van der Waals surface area contributed by atoms with Gasteiger partial charge in [0.1, 0.15) is 0 Å². The summed E-state index contributed by atoms with van der Waals surface area (Å²) in [7, 11) is 0. The predicted octanol–water partition coefficient (Wildman–Crippen LogP) is 7.53. The largest absolute Gasteiger partial charge is 0.300 e. The van der Waals surface area contributed by atoms with Crippen LogP contribution in [-0.2, 0) is 0 Å². The number of nitro benzene ring substituents is 1. The van der Waals surface area contributed by atoms with Gasteiger partial charge in [0, 0.05) is 12.1 Å². The molecule has 0 aliphatic carbocycles. The summed E-state index contributed by atoms with van der Waals surface area (Å²) in [6.45, 7) is 17.0. The summed E-state index contributed by atoms with van der Waals surface area (Å²) in [5.41, 5.74) is 13.5. The van der Waals surface area contributed by atoms with Crippen LogP contribution in [0.25, 0.3) is 0 Å². The lowest BCUT2D eigenvalue weighted by atomic mass is 9.91. The molecule has 0 radical (unpaired) electrons. The van der Waals surface area contributed by atoms with E-state index in [1.54, 1.807) is 12.1 Å². The molecule has 0 amide bonds. The van der Waals surface area contributed by atoms with Gasteiger partial charge in [0.2, 0.25) is 0 Å². The molecule has 2 aromatic carbocycles. The highest BCUT2D eigenvalue weighted by Gasteiger charge is 2.21. The molecule has 0 aliphatic rings. The molecule has 0 atom stereocenters. The molecule has 0 fully saturated rings. The minimum atomic E-state index is -0.306. The molecular formula is C24H35N3O2. The smallest absolute Gasteiger partial charge is 0.270 e. The zero-order valence-corrected chi connectivity index (χ0v) is 19.0. The van der Waals surface area contributed by atoms with Gasteiger partial charge in [-0.3, -0.25) is 10.1 Å². The van der Waals surface area contributed by atoms with Crippen molar-refractivity contribution in [2.75, 3.05) is 10.9 Å². The van der Waals surface area contributed by atoms with Crippen LogP contribution >= 0.6 is 0 Å². The molecule has 0 heterocycles. The molecule has 2 N–H and O–H groups in total. The lowest BCUT2D eigenvalue weighted by Gasteiger charge is -2.25. The van der Waals surface area contributed by atoms with E-state index >= 15 is 0 Å². The van der Waals surface area contributed by atoms with Crippen LogP contribution in [0.1, 0.15) is 101 Å². The fourth-order valence-corrected chi connectivity index (χ4v) is 3.65. The Labute approximate surface area is 175 Å². The van der Waals surface area contributed by atoms with Crippen LogP contribution in [0.2, 0.25) is 0 Å². The lowest BCUT2D eigenvalue weighted by molar-refractivity contribution is -0.385. The van der Waals surface area contributed by atoms with Crippen LogP contribution in [0, 0.1) is 10.1 Å². The second-order valence-corrected chi connectivity index (χ2v) is 8.94. The Kier molecular flexibility index (Phi) is 7.28. The van der Waals surface area contributed by atoms with Gasteiger partial charge in [-0.25, -0.2) is 0 Å². The minimum Gasteiger partial charge on any atom is -0.300 e. The van der Waals surface area contributed by atoms with Crippen molar-refractivity contribution in [3.05, 3.63) is 62.7 Å². The Hall–Kier alpha value is -2.56. The molecule has 0 saturated carbocycles. The number of rotatable bonds is 8. The van der Waals surface area contributed by atoms with E-state index < -0.39 is 0 Å². The van der Waals surface area contributed by atoms with Crippen molar-refractivity contribution in [3.8, 4) is 0 Å². The zero-order chi connectivity index (χ0) is 21.9. The summed E-state index contributed by atoms with van der Waals surface area (Å²) in [5, 5.41) is 11.4. The Morgan fingerprint density at radius 3 is 1.34 bits per heavy atom.